The fourth-order valence-corrected chi connectivity index (χ4v) is 2.02. The minimum absolute atomic E-state index is 0.0814. The van der Waals surface area contributed by atoms with Crippen LogP contribution in [0.1, 0.15) is 27.6 Å². The van der Waals surface area contributed by atoms with Gasteiger partial charge in [-0.1, -0.05) is 6.07 Å². The Morgan fingerprint density at radius 2 is 1.72 bits per heavy atom. The monoisotopic (exact) mass is 341 g/mol. The van der Waals surface area contributed by atoms with Crippen molar-refractivity contribution in [2.75, 3.05) is 11.9 Å². The van der Waals surface area contributed by atoms with Gasteiger partial charge in [0.15, 0.2) is 5.78 Å². The molecule has 2 rings (SSSR count). The van der Waals surface area contributed by atoms with E-state index in [2.05, 4.69) is 10.6 Å². The fraction of sp³-hybridized carbons (Fsp3) is 0.118. The molecule has 0 radical (unpaired) electrons. The molecule has 2 aromatic rings. The Kier molecular flexibility index (Phi) is 5.57. The van der Waals surface area contributed by atoms with Crippen LogP contribution < -0.4 is 10.6 Å². The highest BCUT2D eigenvalue weighted by Gasteiger charge is 2.12. The number of carbonyl (C=O) groups is 3. The van der Waals surface area contributed by atoms with Crippen LogP contribution in [0.3, 0.4) is 0 Å². The highest BCUT2D eigenvalue weighted by molar-refractivity contribution is 6.00. The Morgan fingerprint density at radius 1 is 1.04 bits per heavy atom. The Balaban J connectivity index is 1.91. The molecule has 2 aromatic carbocycles. The Morgan fingerprint density at radius 3 is 2.32 bits per heavy atom. The van der Waals surface area contributed by atoms with Gasteiger partial charge >= 0.3 is 0 Å². The van der Waals surface area contributed by atoms with Gasteiger partial charge in [-0.2, -0.15) is 0 Å². The zero-order chi connectivity index (χ0) is 18.4. The standard InChI is InChI=1S/C17H15N3O5/c1-11(21)12-5-7-14(8-6-12)19-16(22)10-18-17(23)13-3-2-4-15(9-13)20(24)25/h2-9H,10H2,1H3,(H,18,23)(H,19,22). The number of benzene rings is 2. The van der Waals surface area contributed by atoms with Crippen LogP contribution in [0.2, 0.25) is 0 Å². The average Bonchev–Trinajstić information content (AvgIpc) is 2.60. The molecule has 0 saturated carbocycles. The number of nitro groups is 1. The molecule has 0 aliphatic carbocycles. The van der Waals surface area contributed by atoms with Crippen molar-refractivity contribution in [3.05, 3.63) is 69.8 Å². The molecule has 0 spiro atoms. The van der Waals surface area contributed by atoms with Gasteiger partial charge in [0.25, 0.3) is 11.6 Å². The van der Waals surface area contributed by atoms with Crippen LogP contribution in [0.4, 0.5) is 11.4 Å². The topological polar surface area (TPSA) is 118 Å². The lowest BCUT2D eigenvalue weighted by Gasteiger charge is -2.07. The summed E-state index contributed by atoms with van der Waals surface area (Å²) in [6.07, 6.45) is 0. The molecular formula is C17H15N3O5. The van der Waals surface area contributed by atoms with Crippen molar-refractivity contribution in [3.8, 4) is 0 Å². The number of nitrogens with zero attached hydrogens (tertiary/aromatic N) is 1. The van der Waals surface area contributed by atoms with Gasteiger partial charge in [0.05, 0.1) is 11.5 Å². The van der Waals surface area contributed by atoms with E-state index in [1.807, 2.05) is 0 Å². The number of rotatable bonds is 6. The van der Waals surface area contributed by atoms with Gasteiger partial charge in [0, 0.05) is 28.9 Å². The fourth-order valence-electron chi connectivity index (χ4n) is 2.02. The molecule has 0 saturated heterocycles. The predicted octanol–water partition coefficient (Wildman–Crippen LogP) is 2.17. The molecular weight excluding hydrogens is 326 g/mol. The van der Waals surface area contributed by atoms with Gasteiger partial charge in [-0.25, -0.2) is 0 Å². The molecule has 128 valence electrons. The van der Waals surface area contributed by atoms with E-state index in [1.54, 1.807) is 24.3 Å². The first kappa shape index (κ1) is 17.8. The highest BCUT2D eigenvalue weighted by atomic mass is 16.6. The van der Waals surface area contributed by atoms with Crippen molar-refractivity contribution >= 4 is 29.0 Å². The zero-order valence-electron chi connectivity index (χ0n) is 13.3. The van der Waals surface area contributed by atoms with Crippen molar-refractivity contribution in [3.63, 3.8) is 0 Å². The number of Topliss-reactive ketones (excluding diaryl/α,β-unsaturated/α-hetero) is 1. The summed E-state index contributed by atoms with van der Waals surface area (Å²) in [4.78, 5) is 45.1. The summed E-state index contributed by atoms with van der Waals surface area (Å²) >= 11 is 0. The number of non-ortho nitro benzene ring substituents is 1. The van der Waals surface area contributed by atoms with Crippen molar-refractivity contribution < 1.29 is 19.3 Å². The summed E-state index contributed by atoms with van der Waals surface area (Å²) in [6, 6.07) is 11.5. The summed E-state index contributed by atoms with van der Waals surface area (Å²) in [6.45, 7) is 1.15. The largest absolute Gasteiger partial charge is 0.343 e. The van der Waals surface area contributed by atoms with Crippen LogP contribution >= 0.6 is 0 Å². The number of ketones is 1. The first-order valence-corrected chi connectivity index (χ1v) is 7.30. The van der Waals surface area contributed by atoms with Crippen LogP contribution in [0, 0.1) is 10.1 Å². The molecule has 0 aliphatic heterocycles. The van der Waals surface area contributed by atoms with Crippen molar-refractivity contribution in [2.45, 2.75) is 6.92 Å². The van der Waals surface area contributed by atoms with E-state index in [-0.39, 0.29) is 23.6 Å². The minimum atomic E-state index is -0.603. The van der Waals surface area contributed by atoms with Crippen LogP contribution in [0.5, 0.6) is 0 Å². The highest BCUT2D eigenvalue weighted by Crippen LogP contribution is 2.13. The molecule has 8 heteroatoms. The lowest BCUT2D eigenvalue weighted by Crippen LogP contribution is -2.32. The lowest BCUT2D eigenvalue weighted by atomic mass is 10.1. The maximum atomic E-state index is 11.9. The van der Waals surface area contributed by atoms with Crippen LogP contribution in [-0.4, -0.2) is 29.1 Å². The number of amides is 2. The third-order valence-electron chi connectivity index (χ3n) is 3.30. The number of carbonyl (C=O) groups excluding carboxylic acids is 3. The third-order valence-corrected chi connectivity index (χ3v) is 3.30. The number of nitrogens with one attached hydrogen (secondary N) is 2. The number of anilines is 1. The molecule has 8 nitrogen and oxygen atoms in total. The average molecular weight is 341 g/mol. The van der Waals surface area contributed by atoms with Gasteiger partial charge in [0.2, 0.25) is 5.91 Å². The molecule has 0 aromatic heterocycles. The van der Waals surface area contributed by atoms with Gasteiger partial charge in [-0.3, -0.25) is 24.5 Å². The van der Waals surface area contributed by atoms with Crippen molar-refractivity contribution in [1.82, 2.24) is 5.32 Å². The van der Waals surface area contributed by atoms with E-state index in [1.165, 1.54) is 25.1 Å². The van der Waals surface area contributed by atoms with E-state index >= 15 is 0 Å². The third kappa shape index (κ3) is 4.96. The molecule has 0 bridgehead atoms. The maximum absolute atomic E-state index is 11.9. The zero-order valence-corrected chi connectivity index (χ0v) is 13.3. The van der Waals surface area contributed by atoms with E-state index in [4.69, 9.17) is 0 Å². The van der Waals surface area contributed by atoms with Gasteiger partial charge in [-0.05, 0) is 37.3 Å². The van der Waals surface area contributed by atoms with E-state index in [0.29, 0.717) is 11.3 Å². The summed E-state index contributed by atoms with van der Waals surface area (Å²) in [5.41, 5.74) is 0.895. The molecule has 25 heavy (non-hydrogen) atoms. The molecule has 0 unspecified atom stereocenters. The maximum Gasteiger partial charge on any atom is 0.270 e. The first-order valence-electron chi connectivity index (χ1n) is 7.30. The molecule has 2 N–H and O–H groups in total. The smallest absolute Gasteiger partial charge is 0.270 e. The lowest BCUT2D eigenvalue weighted by molar-refractivity contribution is -0.384. The molecule has 0 heterocycles. The number of hydrogen-bond acceptors (Lipinski definition) is 5. The van der Waals surface area contributed by atoms with E-state index < -0.39 is 16.7 Å². The van der Waals surface area contributed by atoms with Gasteiger partial charge in [0.1, 0.15) is 0 Å². The quantitative estimate of drug-likeness (QED) is 0.474. The van der Waals surface area contributed by atoms with Crippen molar-refractivity contribution in [2.24, 2.45) is 0 Å². The summed E-state index contributed by atoms with van der Waals surface area (Å²) in [5.74, 6) is -1.14. The van der Waals surface area contributed by atoms with Crippen LogP contribution in [0.25, 0.3) is 0 Å². The SMILES string of the molecule is CC(=O)c1ccc(NC(=O)CNC(=O)c2cccc([N+](=O)[O-])c2)cc1. The second-order valence-electron chi connectivity index (χ2n) is 5.17. The molecule has 0 atom stereocenters. The predicted molar refractivity (Wildman–Crippen MR) is 90.5 cm³/mol. The second kappa shape index (κ2) is 7.82. The number of hydrogen-bond donors (Lipinski definition) is 2. The summed E-state index contributed by atoms with van der Waals surface area (Å²) in [7, 11) is 0. The normalized spacial score (nSPS) is 9.96. The van der Waals surface area contributed by atoms with Crippen LogP contribution in [0.15, 0.2) is 48.5 Å². The van der Waals surface area contributed by atoms with Gasteiger partial charge < -0.3 is 10.6 Å². The number of nitro benzene ring substituents is 1. The second-order valence-corrected chi connectivity index (χ2v) is 5.17. The summed E-state index contributed by atoms with van der Waals surface area (Å²) in [5, 5.41) is 15.7. The minimum Gasteiger partial charge on any atom is -0.343 e. The molecule has 0 fully saturated rings. The Bertz CT molecular complexity index is 830. The molecule has 0 aliphatic rings. The Labute approximate surface area is 143 Å². The van der Waals surface area contributed by atoms with Gasteiger partial charge in [-0.15, -0.1) is 0 Å². The van der Waals surface area contributed by atoms with E-state index in [0.717, 1.165) is 6.07 Å². The molecule has 2 amide bonds. The first-order chi connectivity index (χ1) is 11.9. The Hall–Kier alpha value is -3.55. The van der Waals surface area contributed by atoms with E-state index in [9.17, 15) is 24.5 Å². The van der Waals surface area contributed by atoms with Crippen molar-refractivity contribution in [1.29, 1.82) is 0 Å². The van der Waals surface area contributed by atoms with Crippen LogP contribution in [-0.2, 0) is 4.79 Å². The summed E-state index contributed by atoms with van der Waals surface area (Å²) < 4.78 is 0.